The number of hydrogen-bond acceptors (Lipinski definition) is 4. The van der Waals surface area contributed by atoms with Crippen LogP contribution in [0.2, 0.25) is 0 Å². The monoisotopic (exact) mass is 322 g/mol. The van der Waals surface area contributed by atoms with E-state index in [2.05, 4.69) is 0 Å². The summed E-state index contributed by atoms with van der Waals surface area (Å²) in [4.78, 5) is 11.6. The Morgan fingerprint density at radius 3 is 2.46 bits per heavy atom. The number of aldehydes is 1. The minimum absolute atomic E-state index is 0.277. The molecular weight excluding hydrogens is 304 g/mol. The van der Waals surface area contributed by atoms with E-state index in [4.69, 9.17) is 14.2 Å². The van der Waals surface area contributed by atoms with E-state index in [0.29, 0.717) is 17.1 Å². The predicted molar refractivity (Wildman–Crippen MR) is 93.2 cm³/mol. The maximum absolute atomic E-state index is 11.6. The molecule has 122 valence electrons. The summed E-state index contributed by atoms with van der Waals surface area (Å²) in [6.45, 7) is 0.277. The topological polar surface area (TPSA) is 44.8 Å². The summed E-state index contributed by atoms with van der Waals surface area (Å²) >= 11 is 0. The number of benzene rings is 3. The quantitative estimate of drug-likeness (QED) is 0.637. The van der Waals surface area contributed by atoms with Crippen molar-refractivity contribution in [1.29, 1.82) is 0 Å². The summed E-state index contributed by atoms with van der Waals surface area (Å²) in [6.07, 6.45) is 0.834. The van der Waals surface area contributed by atoms with Crippen LogP contribution in [0.3, 0.4) is 0 Å². The van der Waals surface area contributed by atoms with Crippen LogP contribution in [0.15, 0.2) is 54.6 Å². The first-order valence-corrected chi connectivity index (χ1v) is 7.57. The van der Waals surface area contributed by atoms with Crippen LogP contribution >= 0.6 is 0 Å². The molecule has 0 aliphatic carbocycles. The summed E-state index contributed by atoms with van der Waals surface area (Å²) in [5.74, 6) is 1.99. The van der Waals surface area contributed by atoms with Gasteiger partial charge in [-0.2, -0.15) is 0 Å². The van der Waals surface area contributed by atoms with Gasteiger partial charge in [-0.1, -0.05) is 30.3 Å². The smallest absolute Gasteiger partial charge is 0.154 e. The van der Waals surface area contributed by atoms with Crippen molar-refractivity contribution in [2.24, 2.45) is 0 Å². The van der Waals surface area contributed by atoms with Crippen LogP contribution in [0.1, 0.15) is 15.9 Å². The second-order valence-corrected chi connectivity index (χ2v) is 5.28. The molecule has 3 aromatic carbocycles. The summed E-state index contributed by atoms with van der Waals surface area (Å²) in [5, 5.41) is 1.88. The molecule has 0 bridgehead atoms. The Labute approximate surface area is 140 Å². The molecule has 0 saturated heterocycles. The lowest BCUT2D eigenvalue weighted by molar-refractivity contribution is 0.112. The number of ether oxygens (including phenoxy) is 3. The summed E-state index contributed by atoms with van der Waals surface area (Å²) in [5.41, 5.74) is 1.40. The van der Waals surface area contributed by atoms with Crippen molar-refractivity contribution in [2.45, 2.75) is 6.61 Å². The van der Waals surface area contributed by atoms with E-state index in [0.717, 1.165) is 28.4 Å². The fraction of sp³-hybridized carbons (Fsp3) is 0.150. The normalized spacial score (nSPS) is 10.4. The van der Waals surface area contributed by atoms with Gasteiger partial charge < -0.3 is 14.2 Å². The van der Waals surface area contributed by atoms with Gasteiger partial charge in [-0.3, -0.25) is 4.79 Å². The fourth-order valence-corrected chi connectivity index (χ4v) is 2.67. The Kier molecular flexibility index (Phi) is 4.66. The van der Waals surface area contributed by atoms with Gasteiger partial charge in [0.2, 0.25) is 0 Å². The van der Waals surface area contributed by atoms with Crippen molar-refractivity contribution in [2.75, 3.05) is 14.2 Å². The lowest BCUT2D eigenvalue weighted by Gasteiger charge is -2.14. The average Bonchev–Trinajstić information content (AvgIpc) is 2.65. The van der Waals surface area contributed by atoms with Crippen LogP contribution in [0, 0.1) is 0 Å². The molecule has 0 radical (unpaired) electrons. The van der Waals surface area contributed by atoms with E-state index in [1.807, 2.05) is 54.6 Å². The van der Waals surface area contributed by atoms with Crippen LogP contribution in [0.4, 0.5) is 0 Å². The molecule has 4 nitrogen and oxygen atoms in total. The van der Waals surface area contributed by atoms with Gasteiger partial charge in [0, 0.05) is 5.56 Å². The molecule has 0 fully saturated rings. The van der Waals surface area contributed by atoms with Crippen LogP contribution in [-0.2, 0) is 6.61 Å². The molecule has 0 unspecified atom stereocenters. The third-order valence-corrected chi connectivity index (χ3v) is 3.92. The van der Waals surface area contributed by atoms with Crippen molar-refractivity contribution >= 4 is 17.1 Å². The Balaban J connectivity index is 1.92. The molecule has 3 rings (SSSR count). The highest BCUT2D eigenvalue weighted by atomic mass is 16.5. The van der Waals surface area contributed by atoms with Gasteiger partial charge in [0.15, 0.2) is 6.29 Å². The maximum Gasteiger partial charge on any atom is 0.154 e. The van der Waals surface area contributed by atoms with Crippen LogP contribution in [-0.4, -0.2) is 20.5 Å². The molecule has 0 N–H and O–H groups in total. The van der Waals surface area contributed by atoms with E-state index in [1.54, 1.807) is 14.2 Å². The third kappa shape index (κ3) is 3.04. The predicted octanol–water partition coefficient (Wildman–Crippen LogP) is 4.25. The third-order valence-electron chi connectivity index (χ3n) is 3.92. The molecule has 0 saturated carbocycles. The van der Waals surface area contributed by atoms with E-state index >= 15 is 0 Å². The van der Waals surface area contributed by atoms with Gasteiger partial charge in [0.25, 0.3) is 0 Å². The van der Waals surface area contributed by atoms with Gasteiger partial charge in [-0.15, -0.1) is 0 Å². The van der Waals surface area contributed by atoms with Crippen molar-refractivity contribution in [1.82, 2.24) is 0 Å². The second-order valence-electron chi connectivity index (χ2n) is 5.28. The highest BCUT2D eigenvalue weighted by Crippen LogP contribution is 2.29. The molecule has 0 heterocycles. The molecule has 0 atom stereocenters. The molecular formula is C20H18O4. The molecule has 24 heavy (non-hydrogen) atoms. The highest BCUT2D eigenvalue weighted by Gasteiger charge is 2.10. The van der Waals surface area contributed by atoms with Gasteiger partial charge in [-0.05, 0) is 35.0 Å². The first kappa shape index (κ1) is 15.9. The van der Waals surface area contributed by atoms with Crippen molar-refractivity contribution in [3.63, 3.8) is 0 Å². The largest absolute Gasteiger partial charge is 0.497 e. The fourth-order valence-electron chi connectivity index (χ4n) is 2.67. The van der Waals surface area contributed by atoms with Gasteiger partial charge in [0.05, 0.1) is 19.8 Å². The van der Waals surface area contributed by atoms with Gasteiger partial charge in [-0.25, -0.2) is 0 Å². The SMILES string of the molecule is COc1ccc(OC)c(COc2ccc3ccccc3c2C=O)c1. The van der Waals surface area contributed by atoms with Crippen LogP contribution in [0.25, 0.3) is 10.8 Å². The molecule has 0 aliphatic rings. The van der Waals surface area contributed by atoms with Crippen molar-refractivity contribution < 1.29 is 19.0 Å². The molecule has 0 spiro atoms. The average molecular weight is 322 g/mol. The number of rotatable bonds is 6. The minimum Gasteiger partial charge on any atom is -0.497 e. The van der Waals surface area contributed by atoms with Crippen LogP contribution < -0.4 is 14.2 Å². The molecule has 0 aromatic heterocycles. The zero-order valence-electron chi connectivity index (χ0n) is 13.6. The van der Waals surface area contributed by atoms with Gasteiger partial charge >= 0.3 is 0 Å². The van der Waals surface area contributed by atoms with E-state index < -0.39 is 0 Å². The molecule has 0 amide bonds. The first-order chi connectivity index (χ1) is 11.8. The van der Waals surface area contributed by atoms with E-state index in [1.165, 1.54) is 0 Å². The lowest BCUT2D eigenvalue weighted by atomic mass is 10.0. The number of carbonyl (C=O) groups excluding carboxylic acids is 1. The standard InChI is InChI=1S/C20H18O4/c1-22-16-8-10-19(23-2)15(11-16)13-24-20-9-7-14-5-3-4-6-17(14)18(20)12-21/h3-12H,13H2,1-2H3. The minimum atomic E-state index is 0.277. The van der Waals surface area contributed by atoms with Crippen LogP contribution in [0.5, 0.6) is 17.2 Å². The molecule has 0 aliphatic heterocycles. The zero-order chi connectivity index (χ0) is 16.9. The van der Waals surface area contributed by atoms with Gasteiger partial charge in [0.1, 0.15) is 23.9 Å². The van der Waals surface area contributed by atoms with E-state index in [-0.39, 0.29) is 6.61 Å². The maximum atomic E-state index is 11.6. The number of hydrogen-bond donors (Lipinski definition) is 0. The van der Waals surface area contributed by atoms with Crippen molar-refractivity contribution in [3.8, 4) is 17.2 Å². The van der Waals surface area contributed by atoms with Crippen molar-refractivity contribution in [3.05, 3.63) is 65.7 Å². The highest BCUT2D eigenvalue weighted by molar-refractivity contribution is 6.00. The number of fused-ring (bicyclic) bond motifs is 1. The Bertz CT molecular complexity index is 871. The molecule has 3 aromatic rings. The summed E-state index contributed by atoms with van der Waals surface area (Å²) in [7, 11) is 3.22. The summed E-state index contributed by atoms with van der Waals surface area (Å²) < 4.78 is 16.5. The van der Waals surface area contributed by atoms with E-state index in [9.17, 15) is 4.79 Å². The number of methoxy groups -OCH3 is 2. The molecule has 4 heteroatoms. The lowest BCUT2D eigenvalue weighted by Crippen LogP contribution is -2.01. The zero-order valence-corrected chi connectivity index (χ0v) is 13.6. The Hall–Kier alpha value is -3.01. The first-order valence-electron chi connectivity index (χ1n) is 7.57. The summed E-state index contributed by atoms with van der Waals surface area (Å²) in [6, 6.07) is 17.0. The Morgan fingerprint density at radius 1 is 0.917 bits per heavy atom. The number of carbonyl (C=O) groups is 1. The Morgan fingerprint density at radius 2 is 1.71 bits per heavy atom. The second kappa shape index (κ2) is 7.04.